The van der Waals surface area contributed by atoms with Gasteiger partial charge in [-0.05, 0) is 49.4 Å². The molecule has 1 heterocycles. The predicted molar refractivity (Wildman–Crippen MR) is 121 cm³/mol. The first-order valence-electron chi connectivity index (χ1n) is 10.2. The fraction of sp³-hybridized carbons (Fsp3) is 0.348. The molecule has 1 aliphatic carbocycles. The van der Waals surface area contributed by atoms with Crippen LogP contribution in [-0.4, -0.2) is 27.2 Å². The van der Waals surface area contributed by atoms with E-state index >= 15 is 0 Å². The Hall–Kier alpha value is -2.31. The molecule has 0 radical (unpaired) electrons. The van der Waals surface area contributed by atoms with E-state index in [2.05, 4.69) is 46.7 Å². The zero-order valence-electron chi connectivity index (χ0n) is 17.0. The SMILES string of the molecule is Cc1cccc(CSc2nnc(CCC(=O)NCC3CC3)n2-c2cccc(Cl)c2)c1. The van der Waals surface area contributed by atoms with Crippen molar-refractivity contribution in [3.8, 4) is 5.69 Å². The fourth-order valence-corrected chi connectivity index (χ4v) is 4.37. The van der Waals surface area contributed by atoms with Crippen molar-refractivity contribution in [2.75, 3.05) is 6.54 Å². The van der Waals surface area contributed by atoms with Crippen molar-refractivity contribution in [1.29, 1.82) is 0 Å². The van der Waals surface area contributed by atoms with Gasteiger partial charge in [-0.15, -0.1) is 10.2 Å². The van der Waals surface area contributed by atoms with Crippen LogP contribution in [0.3, 0.4) is 0 Å². The van der Waals surface area contributed by atoms with Crippen molar-refractivity contribution in [3.05, 3.63) is 70.5 Å². The van der Waals surface area contributed by atoms with Gasteiger partial charge in [-0.25, -0.2) is 0 Å². The molecule has 0 spiro atoms. The minimum atomic E-state index is 0.0662. The van der Waals surface area contributed by atoms with Crippen LogP contribution in [0.4, 0.5) is 0 Å². The summed E-state index contributed by atoms with van der Waals surface area (Å²) in [5, 5.41) is 13.3. The summed E-state index contributed by atoms with van der Waals surface area (Å²) in [5.74, 6) is 2.30. The summed E-state index contributed by atoms with van der Waals surface area (Å²) in [6, 6.07) is 16.1. The highest BCUT2D eigenvalue weighted by Gasteiger charge is 2.22. The van der Waals surface area contributed by atoms with Crippen LogP contribution in [0, 0.1) is 12.8 Å². The molecule has 0 saturated heterocycles. The summed E-state index contributed by atoms with van der Waals surface area (Å²) in [5.41, 5.74) is 3.39. The third-order valence-corrected chi connectivity index (χ3v) is 6.31. The molecule has 5 nitrogen and oxygen atoms in total. The Bertz CT molecular complexity index is 1030. The maximum atomic E-state index is 12.2. The molecule has 1 fully saturated rings. The van der Waals surface area contributed by atoms with Gasteiger partial charge in [-0.1, -0.05) is 59.3 Å². The summed E-state index contributed by atoms with van der Waals surface area (Å²) in [7, 11) is 0. The second kappa shape index (κ2) is 9.67. The molecule has 1 N–H and O–H groups in total. The smallest absolute Gasteiger partial charge is 0.220 e. The summed E-state index contributed by atoms with van der Waals surface area (Å²) in [6.45, 7) is 2.88. The van der Waals surface area contributed by atoms with E-state index in [-0.39, 0.29) is 5.91 Å². The van der Waals surface area contributed by atoms with E-state index in [0.717, 1.165) is 29.0 Å². The lowest BCUT2D eigenvalue weighted by molar-refractivity contribution is -0.121. The Balaban J connectivity index is 1.51. The van der Waals surface area contributed by atoms with E-state index in [4.69, 9.17) is 11.6 Å². The van der Waals surface area contributed by atoms with Gasteiger partial charge in [0, 0.05) is 30.2 Å². The monoisotopic (exact) mass is 440 g/mol. The molecule has 0 bridgehead atoms. The number of amides is 1. The molecule has 1 aliphatic rings. The lowest BCUT2D eigenvalue weighted by Crippen LogP contribution is -2.26. The third-order valence-electron chi connectivity index (χ3n) is 5.08. The van der Waals surface area contributed by atoms with Gasteiger partial charge in [-0.3, -0.25) is 9.36 Å². The first-order chi connectivity index (χ1) is 14.6. The van der Waals surface area contributed by atoms with Gasteiger partial charge < -0.3 is 5.32 Å². The van der Waals surface area contributed by atoms with Crippen molar-refractivity contribution in [3.63, 3.8) is 0 Å². The van der Waals surface area contributed by atoms with Gasteiger partial charge in [0.15, 0.2) is 5.16 Å². The number of carbonyl (C=O) groups excluding carboxylic acids is 1. The second-order valence-corrected chi connectivity index (χ2v) is 9.12. The lowest BCUT2D eigenvalue weighted by Gasteiger charge is -2.11. The van der Waals surface area contributed by atoms with Crippen LogP contribution < -0.4 is 5.32 Å². The maximum Gasteiger partial charge on any atom is 0.220 e. The Morgan fingerprint density at radius 2 is 2.03 bits per heavy atom. The third kappa shape index (κ3) is 5.64. The van der Waals surface area contributed by atoms with Crippen LogP contribution in [-0.2, 0) is 17.0 Å². The molecule has 3 aromatic rings. The topological polar surface area (TPSA) is 59.8 Å². The normalized spacial score (nSPS) is 13.4. The Morgan fingerprint density at radius 3 is 2.80 bits per heavy atom. The number of hydrogen-bond acceptors (Lipinski definition) is 4. The number of thioether (sulfide) groups is 1. The largest absolute Gasteiger partial charge is 0.356 e. The Labute approximate surface area is 186 Å². The van der Waals surface area contributed by atoms with Gasteiger partial charge in [0.25, 0.3) is 0 Å². The zero-order chi connectivity index (χ0) is 20.9. The van der Waals surface area contributed by atoms with E-state index < -0.39 is 0 Å². The molecule has 0 aliphatic heterocycles. The highest BCUT2D eigenvalue weighted by Crippen LogP contribution is 2.28. The number of aryl methyl sites for hydroxylation is 2. The van der Waals surface area contributed by atoms with Crippen LogP contribution in [0.25, 0.3) is 5.69 Å². The summed E-state index contributed by atoms with van der Waals surface area (Å²) in [4.78, 5) is 12.2. The molecular weight excluding hydrogens is 416 g/mol. The van der Waals surface area contributed by atoms with Crippen molar-refractivity contribution < 1.29 is 4.79 Å². The van der Waals surface area contributed by atoms with Crippen molar-refractivity contribution in [1.82, 2.24) is 20.1 Å². The first kappa shape index (κ1) is 20.9. The molecule has 0 unspecified atom stereocenters. The first-order valence-corrected chi connectivity index (χ1v) is 11.6. The summed E-state index contributed by atoms with van der Waals surface area (Å²) < 4.78 is 2.01. The second-order valence-electron chi connectivity index (χ2n) is 7.74. The van der Waals surface area contributed by atoms with Gasteiger partial charge >= 0.3 is 0 Å². The van der Waals surface area contributed by atoms with Crippen LogP contribution in [0.2, 0.25) is 5.02 Å². The minimum absolute atomic E-state index is 0.0662. The van der Waals surface area contributed by atoms with E-state index in [1.807, 2.05) is 28.8 Å². The lowest BCUT2D eigenvalue weighted by atomic mass is 10.2. The van der Waals surface area contributed by atoms with E-state index in [1.165, 1.54) is 24.0 Å². The maximum absolute atomic E-state index is 12.2. The molecule has 0 atom stereocenters. The predicted octanol–water partition coefficient (Wildman–Crippen LogP) is 4.98. The number of aromatic nitrogens is 3. The number of nitrogens with zero attached hydrogens (tertiary/aromatic N) is 3. The molecule has 156 valence electrons. The number of carbonyl (C=O) groups is 1. The standard InChI is InChI=1S/C23H25ClN4OS/c1-16-4-2-5-18(12-16)15-30-23-27-26-21(10-11-22(29)25-14-17-8-9-17)28(23)20-7-3-6-19(24)13-20/h2-7,12-13,17H,8-11,14-15H2,1H3,(H,25,29). The molecule has 1 aromatic heterocycles. The van der Waals surface area contributed by atoms with Crippen LogP contribution in [0.15, 0.2) is 53.7 Å². The summed E-state index contributed by atoms with van der Waals surface area (Å²) >= 11 is 7.87. The molecule has 2 aromatic carbocycles. The van der Waals surface area contributed by atoms with E-state index in [9.17, 15) is 4.79 Å². The number of hydrogen-bond donors (Lipinski definition) is 1. The molecule has 30 heavy (non-hydrogen) atoms. The van der Waals surface area contributed by atoms with Gasteiger partial charge in [0.05, 0.1) is 5.69 Å². The fourth-order valence-electron chi connectivity index (χ4n) is 3.27. The van der Waals surface area contributed by atoms with Gasteiger partial charge in [-0.2, -0.15) is 0 Å². The van der Waals surface area contributed by atoms with Crippen molar-refractivity contribution >= 4 is 29.3 Å². The van der Waals surface area contributed by atoms with Gasteiger partial charge in [0.1, 0.15) is 5.82 Å². The van der Waals surface area contributed by atoms with E-state index in [1.54, 1.807) is 11.8 Å². The molecule has 7 heteroatoms. The highest BCUT2D eigenvalue weighted by atomic mass is 35.5. The quantitative estimate of drug-likeness (QED) is 0.476. The van der Waals surface area contributed by atoms with Crippen LogP contribution in [0.5, 0.6) is 0 Å². The average Bonchev–Trinajstić information content (AvgIpc) is 3.47. The number of benzene rings is 2. The molecule has 1 amide bonds. The van der Waals surface area contributed by atoms with Gasteiger partial charge in [0.2, 0.25) is 5.91 Å². The highest BCUT2D eigenvalue weighted by molar-refractivity contribution is 7.98. The molecule has 4 rings (SSSR count). The number of nitrogens with one attached hydrogen (secondary N) is 1. The van der Waals surface area contributed by atoms with Crippen molar-refractivity contribution in [2.24, 2.45) is 5.92 Å². The Kier molecular flexibility index (Phi) is 6.75. The zero-order valence-corrected chi connectivity index (χ0v) is 18.5. The molecular formula is C23H25ClN4OS. The van der Waals surface area contributed by atoms with Crippen molar-refractivity contribution in [2.45, 2.75) is 43.5 Å². The average molecular weight is 441 g/mol. The molecule has 1 saturated carbocycles. The Morgan fingerprint density at radius 1 is 1.20 bits per heavy atom. The van der Waals surface area contributed by atoms with Crippen LogP contribution >= 0.6 is 23.4 Å². The van der Waals surface area contributed by atoms with E-state index in [0.29, 0.717) is 23.8 Å². The number of rotatable bonds is 9. The summed E-state index contributed by atoms with van der Waals surface area (Å²) in [6.07, 6.45) is 3.38. The number of halogens is 1. The minimum Gasteiger partial charge on any atom is -0.356 e. The van der Waals surface area contributed by atoms with Crippen LogP contribution in [0.1, 0.15) is 36.2 Å².